The number of rotatable bonds is 81. The highest BCUT2D eigenvalue weighted by Gasteiger charge is 2.28. The average molecular weight is 2240 g/mol. The Bertz CT molecular complexity index is 5910. The number of carbonyl (C=O) groups excluding carboxylic acids is 4. The van der Waals surface area contributed by atoms with Crippen molar-refractivity contribution in [2.45, 2.75) is 194 Å². The number of amides is 3. The van der Waals surface area contributed by atoms with Crippen LogP contribution in [0.25, 0.3) is 0 Å². The van der Waals surface area contributed by atoms with E-state index in [0.717, 1.165) is 12.8 Å². The van der Waals surface area contributed by atoms with Crippen LogP contribution < -0.4 is 72.8 Å². The molecule has 826 valence electrons. The van der Waals surface area contributed by atoms with Gasteiger partial charge in [-0.1, -0.05) is 42.3 Å². The second kappa shape index (κ2) is 62.0. The second-order valence-electron chi connectivity index (χ2n) is 33.5. The van der Waals surface area contributed by atoms with Crippen molar-refractivity contribution >= 4 is 104 Å². The summed E-state index contributed by atoms with van der Waals surface area (Å²) in [6, 6.07) is 11.0. The van der Waals surface area contributed by atoms with Crippen molar-refractivity contribution in [1.82, 2.24) is 60.9 Å². The number of nitrogens with zero attached hydrogens (tertiary/aromatic N) is 9. The number of aromatic nitrogens is 9. The summed E-state index contributed by atoms with van der Waals surface area (Å²) in [7, 11) is -35.1. The minimum atomic E-state index is -4.41. The normalized spacial score (nSPS) is 12.2. The third-order valence-electron chi connectivity index (χ3n) is 20.7. The minimum Gasteiger partial charge on any atom is -0.490 e. The molecule has 7 rings (SSSR count). The van der Waals surface area contributed by atoms with E-state index in [0.29, 0.717) is 119 Å². The first-order valence-electron chi connectivity index (χ1n) is 47.4. The molecule has 0 spiro atoms. The van der Waals surface area contributed by atoms with Gasteiger partial charge in [-0.2, -0.15) is 67.3 Å². The van der Waals surface area contributed by atoms with Gasteiger partial charge in [0.2, 0.25) is 23.0 Å². The molecular weight excluding hydrogens is 2110 g/mol. The van der Waals surface area contributed by atoms with Crippen LogP contribution >= 0.6 is 0 Å². The van der Waals surface area contributed by atoms with E-state index >= 15 is 0 Å². The van der Waals surface area contributed by atoms with Crippen LogP contribution in [-0.4, -0.2) is 317 Å². The second-order valence-corrected chi connectivity index (χ2v) is 46.1. The molecule has 52 nitrogen and oxygen atoms in total. The standard InChI is InChI=1S/C87H130N12O40S8/c1-3-5-27-72(100)65-54-73(128-35-10-7-24-69-62-97(94-91-69)31-13-29-89-86(102)67-58-77(132-40-18-48-142(110,111)112)83(138-44-22-52-146(122,123)124)78(59-67)133-41-19-49-143(113,114)115)81(137-37-12-9-26-71-64-99(96-93-71)33-15-28-88-85(101)66-56-75(130-38-16-46-140(104,105)106)82(136-34-6-4-2)76(57-66)131-39-17-47-141(107,108)109)74(55-65)129-36-11-8-25-70-63-98(95-92-70)32-14-30-90-87(103)68-60-79(134-42-20-50-144(116,117)118)84(139-45-23-53-147(125,126)127)80(61-68)135-43-21-51-145(119,120)121/h54-64H,3-53H2,1-2H3,(H,88,101)(H,89,102)(H,90,103)(H,104,105,106)(H,107,108,109)(H,110,111,112)(H,113,114,115)(H,116,117,118)(H,119,120,121)(H,122,123,124)(H,125,126,127). The average Bonchev–Trinajstić information content (AvgIpc) is 1.69. The first kappa shape index (κ1) is 123. The van der Waals surface area contributed by atoms with Crippen molar-refractivity contribution in [2.75, 3.05) is 145 Å². The molecule has 3 heterocycles. The highest BCUT2D eigenvalue weighted by Crippen LogP contribution is 2.44. The van der Waals surface area contributed by atoms with Crippen LogP contribution in [0.5, 0.6) is 69.0 Å². The summed E-state index contributed by atoms with van der Waals surface area (Å²) < 4.78 is 335. The smallest absolute Gasteiger partial charge is 0.264 e. The van der Waals surface area contributed by atoms with Gasteiger partial charge in [0.15, 0.2) is 51.8 Å². The summed E-state index contributed by atoms with van der Waals surface area (Å²) in [6.07, 6.45) is 12.1. The zero-order chi connectivity index (χ0) is 108. The molecule has 7 aromatic rings. The fourth-order valence-corrected chi connectivity index (χ4v) is 17.4. The van der Waals surface area contributed by atoms with Crippen molar-refractivity contribution in [1.29, 1.82) is 0 Å². The van der Waals surface area contributed by atoms with Gasteiger partial charge in [0.05, 0.1) is 142 Å². The first-order chi connectivity index (χ1) is 69.5. The van der Waals surface area contributed by atoms with Crippen molar-refractivity contribution in [2.24, 2.45) is 0 Å². The number of ketones is 1. The predicted molar refractivity (Wildman–Crippen MR) is 528 cm³/mol. The number of aryl methyl sites for hydroxylation is 6. The van der Waals surface area contributed by atoms with E-state index in [4.69, 9.17) is 56.8 Å². The molecule has 0 aliphatic rings. The Balaban J connectivity index is 1.01. The van der Waals surface area contributed by atoms with Crippen LogP contribution in [0.3, 0.4) is 0 Å². The number of Topliss-reactive ketones (excluding diaryl/α,β-unsaturated/α-hetero) is 1. The lowest BCUT2D eigenvalue weighted by Crippen LogP contribution is -2.25. The van der Waals surface area contributed by atoms with Gasteiger partial charge < -0.3 is 72.8 Å². The fraction of sp³-hybridized carbons (Fsp3) is 0.609. The van der Waals surface area contributed by atoms with Gasteiger partial charge in [-0.15, -0.1) is 15.3 Å². The SMILES string of the molecule is CCCCOc1c(OCCCS(=O)(=O)O)cc(C(=O)NCCCn2cc(CCCCOc3c(OCCCCc4cn(CCCNC(=O)c5cc(OCCCS(=O)(=O)O)c(OCCCS(=O)(=O)O)c(OCCCS(=O)(=O)O)c5)nn4)cc(C(=O)CCCC)cc3OCCCCc3cn(CCCNC(=O)c4cc(OCCCS(=O)(=O)O)c(OCCCS(=O)(=O)O)c(OCCCS(=O)(=O)O)c4)nn3)nn2)cc1OCCCS(=O)(=O)O. The van der Waals surface area contributed by atoms with Gasteiger partial charge in [-0.05, 0) is 190 Å². The van der Waals surface area contributed by atoms with Crippen LogP contribution in [0.4, 0.5) is 0 Å². The Morgan fingerprint density at radius 1 is 0.259 bits per heavy atom. The highest BCUT2D eigenvalue weighted by molar-refractivity contribution is 7.87. The Labute approximate surface area is 854 Å². The lowest BCUT2D eigenvalue weighted by molar-refractivity contribution is 0.0943. The molecule has 147 heavy (non-hydrogen) atoms. The zero-order valence-electron chi connectivity index (χ0n) is 81.3. The van der Waals surface area contributed by atoms with E-state index in [2.05, 4.69) is 46.9 Å². The molecule has 0 saturated heterocycles. The van der Waals surface area contributed by atoms with E-state index in [1.165, 1.54) is 36.4 Å². The quantitative estimate of drug-likeness (QED) is 0.0104. The molecule has 3 aromatic heterocycles. The van der Waals surface area contributed by atoms with Crippen molar-refractivity contribution in [3.63, 3.8) is 0 Å². The summed E-state index contributed by atoms with van der Waals surface area (Å²) in [5.41, 5.74) is 2.16. The summed E-state index contributed by atoms with van der Waals surface area (Å²) in [4.78, 5) is 55.2. The van der Waals surface area contributed by atoms with E-state index in [1.807, 2.05) is 13.8 Å². The Morgan fingerprint density at radius 3 is 0.673 bits per heavy atom. The van der Waals surface area contributed by atoms with Gasteiger partial charge in [0, 0.05) is 86.5 Å². The number of nitrogens with one attached hydrogen (secondary N) is 3. The molecule has 0 bridgehead atoms. The monoisotopic (exact) mass is 2240 g/mol. The van der Waals surface area contributed by atoms with Gasteiger partial charge in [-0.3, -0.25) is 69.6 Å². The predicted octanol–water partition coefficient (Wildman–Crippen LogP) is 6.93. The molecule has 4 aromatic carbocycles. The van der Waals surface area contributed by atoms with Gasteiger partial charge >= 0.3 is 0 Å². The molecule has 0 unspecified atom stereocenters. The van der Waals surface area contributed by atoms with Crippen LogP contribution in [-0.2, 0) is 120 Å². The van der Waals surface area contributed by atoms with Gasteiger partial charge in [0.1, 0.15) is 0 Å². The van der Waals surface area contributed by atoms with Crippen LogP contribution in [0.2, 0.25) is 0 Å². The number of carbonyl (C=O) groups is 4. The zero-order valence-corrected chi connectivity index (χ0v) is 87.9. The van der Waals surface area contributed by atoms with Crippen LogP contribution in [0.1, 0.15) is 214 Å². The number of ether oxygens (including phenoxy) is 12. The van der Waals surface area contributed by atoms with Gasteiger partial charge in [-0.25, -0.2) is 0 Å². The maximum atomic E-state index is 14.0. The summed E-state index contributed by atoms with van der Waals surface area (Å²) in [5.74, 6) is -7.73. The molecular formula is C87H130N12O40S8. The van der Waals surface area contributed by atoms with E-state index in [-0.39, 0.29) is 261 Å². The van der Waals surface area contributed by atoms with Gasteiger partial charge in [0.25, 0.3) is 98.7 Å². The molecule has 0 aliphatic carbocycles. The van der Waals surface area contributed by atoms with Crippen LogP contribution in [0.15, 0.2) is 67.1 Å². The maximum Gasteiger partial charge on any atom is 0.264 e. The first-order valence-corrected chi connectivity index (χ1v) is 60.3. The minimum absolute atomic E-state index is 0.0198. The number of benzene rings is 4. The molecule has 0 fully saturated rings. The van der Waals surface area contributed by atoms with Crippen molar-refractivity contribution in [3.8, 4) is 69.0 Å². The van der Waals surface area contributed by atoms with E-state index in [9.17, 15) is 123 Å². The third kappa shape index (κ3) is 52.3. The third-order valence-corrected chi connectivity index (χ3v) is 27.1. The number of hydrogen-bond acceptors (Lipinski definition) is 38. The molecule has 11 N–H and O–H groups in total. The van der Waals surface area contributed by atoms with Crippen molar-refractivity contribution in [3.05, 3.63) is 106 Å². The molecule has 0 radical (unpaired) electrons. The lowest BCUT2D eigenvalue weighted by atomic mass is 10.0. The Kier molecular flexibility index (Phi) is 52.0. The largest absolute Gasteiger partial charge is 0.490 e. The van der Waals surface area contributed by atoms with Crippen molar-refractivity contribution < 1.29 is 180 Å². The van der Waals surface area contributed by atoms with E-state index in [1.54, 1.807) is 44.8 Å². The summed E-state index contributed by atoms with van der Waals surface area (Å²) in [6.45, 7) is 3.22. The topological polar surface area (TPSA) is 742 Å². The fourth-order valence-electron chi connectivity index (χ4n) is 13.5. The summed E-state index contributed by atoms with van der Waals surface area (Å²) >= 11 is 0. The molecule has 60 heteroatoms. The van der Waals surface area contributed by atoms with Crippen LogP contribution in [0, 0.1) is 0 Å². The molecule has 0 atom stereocenters. The molecule has 0 saturated carbocycles. The lowest BCUT2D eigenvalue weighted by Gasteiger charge is -2.19. The summed E-state index contributed by atoms with van der Waals surface area (Å²) in [5, 5.41) is 34.2. The molecule has 0 aliphatic heterocycles. The maximum absolute atomic E-state index is 14.0. The van der Waals surface area contributed by atoms with E-state index < -0.39 is 145 Å². The number of hydrogen-bond donors (Lipinski definition) is 11. The Morgan fingerprint density at radius 2 is 0.456 bits per heavy atom. The highest BCUT2D eigenvalue weighted by atomic mass is 32.2. The number of unbranched alkanes of at least 4 members (excludes halogenated alkanes) is 5. The Hall–Kier alpha value is -10.7. The molecule has 3 amide bonds.